The van der Waals surface area contributed by atoms with E-state index in [1.807, 2.05) is 0 Å². The molecule has 18 heavy (non-hydrogen) atoms. The zero-order chi connectivity index (χ0) is 13.4. The maximum Gasteiger partial charge on any atom is 0.0558 e. The van der Waals surface area contributed by atoms with Crippen molar-refractivity contribution in [1.29, 1.82) is 0 Å². The second-order valence-electron chi connectivity index (χ2n) is 6.23. The molecule has 1 rings (SSSR count). The van der Waals surface area contributed by atoms with E-state index in [0.29, 0.717) is 5.41 Å². The van der Waals surface area contributed by atoms with Crippen molar-refractivity contribution in [3.05, 3.63) is 0 Å². The number of aliphatic hydroxyl groups excluding tert-OH is 1. The number of unbranched alkanes of at least 4 members (excludes halogenated alkanes) is 1. The second kappa shape index (κ2) is 8.10. The number of hydrogen-bond acceptors (Lipinski definition) is 4. The molecule has 0 atom stereocenters. The molecule has 4 heteroatoms. The van der Waals surface area contributed by atoms with Crippen LogP contribution in [0.4, 0.5) is 0 Å². The quantitative estimate of drug-likeness (QED) is 0.630. The van der Waals surface area contributed by atoms with Gasteiger partial charge in [-0.3, -0.25) is 4.90 Å². The molecule has 0 bridgehead atoms. The molecule has 1 fully saturated rings. The van der Waals surface area contributed by atoms with Crippen LogP contribution in [0.15, 0.2) is 0 Å². The van der Waals surface area contributed by atoms with Crippen LogP contribution in [0.3, 0.4) is 0 Å². The molecule has 1 aliphatic rings. The Morgan fingerprint density at radius 2 is 1.56 bits per heavy atom. The summed E-state index contributed by atoms with van der Waals surface area (Å²) in [4.78, 5) is 4.89. The fourth-order valence-corrected chi connectivity index (χ4v) is 2.42. The molecule has 0 aromatic heterocycles. The highest BCUT2D eigenvalue weighted by molar-refractivity contribution is 4.73. The molecule has 4 nitrogen and oxygen atoms in total. The van der Waals surface area contributed by atoms with E-state index in [1.54, 1.807) is 0 Å². The fourth-order valence-electron chi connectivity index (χ4n) is 2.42. The molecule has 108 valence electrons. The second-order valence-corrected chi connectivity index (χ2v) is 6.23. The molecule has 1 heterocycles. The lowest BCUT2D eigenvalue weighted by molar-refractivity contribution is 0.111. The normalized spacial score (nSPS) is 19.3. The van der Waals surface area contributed by atoms with Crippen molar-refractivity contribution >= 4 is 0 Å². The summed E-state index contributed by atoms with van der Waals surface area (Å²) in [6, 6.07) is 0. The van der Waals surface area contributed by atoms with E-state index >= 15 is 0 Å². The third kappa shape index (κ3) is 6.14. The first-order chi connectivity index (χ1) is 8.57. The smallest absolute Gasteiger partial charge is 0.0558 e. The highest BCUT2D eigenvalue weighted by atomic mass is 16.3. The van der Waals surface area contributed by atoms with Gasteiger partial charge in [0, 0.05) is 32.7 Å². The van der Waals surface area contributed by atoms with Crippen molar-refractivity contribution in [2.24, 2.45) is 11.1 Å². The Bertz CT molecular complexity index is 213. The number of hydrogen-bond donors (Lipinski definition) is 2. The minimum atomic E-state index is 0.286. The summed E-state index contributed by atoms with van der Waals surface area (Å²) in [5, 5.41) is 8.89. The Balaban J connectivity index is 2.04. The zero-order valence-corrected chi connectivity index (χ0v) is 12.2. The molecule has 0 aromatic carbocycles. The standard InChI is InChI=1S/C14H31N3O/c1-14(2,13-15)5-3-4-6-16-7-9-17(10-8-16)11-12-18/h18H,3-13,15H2,1-2H3. The van der Waals surface area contributed by atoms with Gasteiger partial charge in [-0.05, 0) is 31.3 Å². The summed E-state index contributed by atoms with van der Waals surface area (Å²) in [5.41, 5.74) is 6.04. The molecule has 1 saturated heterocycles. The highest BCUT2D eigenvalue weighted by Gasteiger charge is 2.17. The molecule has 1 aliphatic heterocycles. The molecule has 0 spiro atoms. The lowest BCUT2D eigenvalue weighted by atomic mass is 9.87. The molecule has 0 aliphatic carbocycles. The number of nitrogens with zero attached hydrogens (tertiary/aromatic N) is 2. The van der Waals surface area contributed by atoms with Crippen LogP contribution >= 0.6 is 0 Å². The van der Waals surface area contributed by atoms with Gasteiger partial charge in [-0.1, -0.05) is 20.3 Å². The Morgan fingerprint density at radius 1 is 1.00 bits per heavy atom. The predicted octanol–water partition coefficient (Wildman–Crippen LogP) is 0.752. The SMILES string of the molecule is CC(C)(CN)CCCCN1CCN(CCO)CC1. The molecule has 0 aromatic rings. The number of β-amino-alcohol motifs (C(OH)–C–C–N with tert-alkyl or cyclic N) is 1. The van der Waals surface area contributed by atoms with E-state index in [1.165, 1.54) is 25.8 Å². The van der Waals surface area contributed by atoms with Crippen molar-refractivity contribution in [1.82, 2.24) is 9.80 Å². The van der Waals surface area contributed by atoms with Crippen molar-refractivity contribution in [3.63, 3.8) is 0 Å². The van der Waals surface area contributed by atoms with Crippen molar-refractivity contribution in [2.75, 3.05) is 52.4 Å². The van der Waals surface area contributed by atoms with E-state index in [0.717, 1.165) is 39.3 Å². The topological polar surface area (TPSA) is 52.7 Å². The van der Waals surface area contributed by atoms with E-state index in [9.17, 15) is 0 Å². The van der Waals surface area contributed by atoms with Crippen LogP contribution in [-0.4, -0.2) is 67.3 Å². The molecular formula is C14H31N3O. The van der Waals surface area contributed by atoms with Crippen molar-refractivity contribution < 1.29 is 5.11 Å². The largest absolute Gasteiger partial charge is 0.395 e. The number of nitrogens with two attached hydrogens (primary N) is 1. The van der Waals surface area contributed by atoms with Gasteiger partial charge in [0.15, 0.2) is 0 Å². The minimum Gasteiger partial charge on any atom is -0.395 e. The van der Waals surface area contributed by atoms with Crippen LogP contribution in [0.5, 0.6) is 0 Å². The van der Waals surface area contributed by atoms with Crippen molar-refractivity contribution in [2.45, 2.75) is 33.1 Å². The molecule has 3 N–H and O–H groups in total. The average Bonchev–Trinajstić information content (AvgIpc) is 2.37. The van der Waals surface area contributed by atoms with Gasteiger partial charge in [0.1, 0.15) is 0 Å². The summed E-state index contributed by atoms with van der Waals surface area (Å²) >= 11 is 0. The fraction of sp³-hybridized carbons (Fsp3) is 1.00. The van der Waals surface area contributed by atoms with Gasteiger partial charge < -0.3 is 15.7 Å². The first-order valence-electron chi connectivity index (χ1n) is 7.33. The lowest BCUT2D eigenvalue weighted by Gasteiger charge is -2.34. The maximum atomic E-state index is 8.89. The first kappa shape index (κ1) is 15.9. The average molecular weight is 257 g/mol. The van der Waals surface area contributed by atoms with E-state index in [4.69, 9.17) is 10.8 Å². The predicted molar refractivity (Wildman–Crippen MR) is 76.7 cm³/mol. The Kier molecular flexibility index (Phi) is 7.15. The highest BCUT2D eigenvalue weighted by Crippen LogP contribution is 2.21. The number of aliphatic hydroxyl groups is 1. The van der Waals surface area contributed by atoms with Gasteiger partial charge in [0.05, 0.1) is 6.61 Å². The van der Waals surface area contributed by atoms with Crippen LogP contribution in [0, 0.1) is 5.41 Å². The van der Waals surface area contributed by atoms with Crippen LogP contribution < -0.4 is 5.73 Å². The molecule has 0 radical (unpaired) electrons. The molecule has 0 amide bonds. The van der Waals surface area contributed by atoms with Crippen LogP contribution in [0.25, 0.3) is 0 Å². The van der Waals surface area contributed by atoms with Gasteiger partial charge >= 0.3 is 0 Å². The summed E-state index contributed by atoms with van der Waals surface area (Å²) < 4.78 is 0. The van der Waals surface area contributed by atoms with Gasteiger partial charge in [-0.2, -0.15) is 0 Å². The number of piperazine rings is 1. The van der Waals surface area contributed by atoms with Crippen molar-refractivity contribution in [3.8, 4) is 0 Å². The molecule has 0 unspecified atom stereocenters. The monoisotopic (exact) mass is 257 g/mol. The first-order valence-corrected chi connectivity index (χ1v) is 7.33. The van der Waals surface area contributed by atoms with Crippen LogP contribution in [0.1, 0.15) is 33.1 Å². The third-order valence-corrected chi connectivity index (χ3v) is 4.01. The Labute approximate surface area is 112 Å². The summed E-state index contributed by atoms with van der Waals surface area (Å²) in [6.07, 6.45) is 3.79. The Morgan fingerprint density at radius 3 is 2.06 bits per heavy atom. The maximum absolute atomic E-state index is 8.89. The summed E-state index contributed by atoms with van der Waals surface area (Å²) in [5.74, 6) is 0. The number of rotatable bonds is 8. The summed E-state index contributed by atoms with van der Waals surface area (Å²) in [6.45, 7) is 12.1. The van der Waals surface area contributed by atoms with Gasteiger partial charge in [-0.25, -0.2) is 0 Å². The van der Waals surface area contributed by atoms with E-state index in [2.05, 4.69) is 23.6 Å². The van der Waals surface area contributed by atoms with Crippen LogP contribution in [0.2, 0.25) is 0 Å². The minimum absolute atomic E-state index is 0.286. The zero-order valence-electron chi connectivity index (χ0n) is 12.2. The third-order valence-electron chi connectivity index (χ3n) is 4.01. The Hall–Kier alpha value is -0.160. The van der Waals surface area contributed by atoms with E-state index < -0.39 is 0 Å². The lowest BCUT2D eigenvalue weighted by Crippen LogP contribution is -2.47. The van der Waals surface area contributed by atoms with Gasteiger partial charge in [0.25, 0.3) is 0 Å². The summed E-state index contributed by atoms with van der Waals surface area (Å²) in [7, 11) is 0. The van der Waals surface area contributed by atoms with Gasteiger partial charge in [0.2, 0.25) is 0 Å². The van der Waals surface area contributed by atoms with Gasteiger partial charge in [-0.15, -0.1) is 0 Å². The van der Waals surface area contributed by atoms with Crippen LogP contribution in [-0.2, 0) is 0 Å². The molecule has 0 saturated carbocycles. The van der Waals surface area contributed by atoms with E-state index in [-0.39, 0.29) is 6.61 Å². The molecular weight excluding hydrogens is 226 g/mol.